The molecular weight excluding hydrogens is 228 g/mol. The Morgan fingerprint density at radius 2 is 1.83 bits per heavy atom. The summed E-state index contributed by atoms with van der Waals surface area (Å²) in [5.74, 6) is -0.631. The lowest BCUT2D eigenvalue weighted by Gasteiger charge is -2.16. The van der Waals surface area contributed by atoms with Crippen molar-refractivity contribution in [2.75, 3.05) is 7.11 Å². The van der Waals surface area contributed by atoms with Crippen LogP contribution in [0.25, 0.3) is 0 Å². The van der Waals surface area contributed by atoms with E-state index in [-0.39, 0.29) is 5.92 Å². The fourth-order valence-electron chi connectivity index (χ4n) is 2.09. The van der Waals surface area contributed by atoms with Gasteiger partial charge in [0.05, 0.1) is 12.5 Å². The molecule has 1 aromatic rings. The Bertz CT molecular complexity index is 329. The lowest BCUT2D eigenvalue weighted by atomic mass is 9.90. The number of aliphatic carboxylic acids is 1. The highest BCUT2D eigenvalue weighted by Gasteiger charge is 2.19. The van der Waals surface area contributed by atoms with Crippen LogP contribution < -0.4 is 0 Å². The third kappa shape index (κ3) is 5.82. The minimum absolute atomic E-state index is 0.0289. The van der Waals surface area contributed by atoms with Crippen molar-refractivity contribution < 1.29 is 14.6 Å². The summed E-state index contributed by atoms with van der Waals surface area (Å²) in [4.78, 5) is 10.4. The molecule has 0 saturated heterocycles. The zero-order chi connectivity index (χ0) is 13.2. The maximum atomic E-state index is 10.4. The highest BCUT2D eigenvalue weighted by molar-refractivity contribution is 5.69. The molecule has 0 radical (unpaired) electrons. The van der Waals surface area contributed by atoms with E-state index in [2.05, 4.69) is 0 Å². The molecule has 0 bridgehead atoms. The van der Waals surface area contributed by atoms with E-state index in [1.807, 2.05) is 30.3 Å². The highest BCUT2D eigenvalue weighted by Crippen LogP contribution is 2.23. The lowest BCUT2D eigenvalue weighted by Crippen LogP contribution is -2.16. The maximum Gasteiger partial charge on any atom is 0.306 e. The Balaban J connectivity index is 0.000000180. The van der Waals surface area contributed by atoms with Crippen LogP contribution in [0.5, 0.6) is 0 Å². The molecule has 1 aliphatic carbocycles. The van der Waals surface area contributed by atoms with Gasteiger partial charge in [0.2, 0.25) is 0 Å². The Labute approximate surface area is 109 Å². The largest absolute Gasteiger partial charge is 0.481 e. The van der Waals surface area contributed by atoms with Gasteiger partial charge in [0, 0.05) is 7.11 Å². The molecule has 0 unspecified atom stereocenters. The van der Waals surface area contributed by atoms with Crippen LogP contribution in [0.3, 0.4) is 0 Å². The van der Waals surface area contributed by atoms with Crippen molar-refractivity contribution >= 4 is 5.97 Å². The molecule has 0 aliphatic heterocycles. The van der Waals surface area contributed by atoms with Crippen LogP contribution in [0.15, 0.2) is 30.3 Å². The lowest BCUT2D eigenvalue weighted by molar-refractivity contribution is -0.142. The van der Waals surface area contributed by atoms with E-state index in [1.165, 1.54) is 12.0 Å². The summed E-state index contributed by atoms with van der Waals surface area (Å²) < 4.78 is 4.93. The van der Waals surface area contributed by atoms with Gasteiger partial charge in [0.25, 0.3) is 0 Å². The minimum Gasteiger partial charge on any atom is -0.481 e. The first kappa shape index (κ1) is 14.7. The molecule has 1 aliphatic rings. The average molecular weight is 250 g/mol. The monoisotopic (exact) mass is 250 g/mol. The molecule has 0 atom stereocenters. The quantitative estimate of drug-likeness (QED) is 0.893. The fraction of sp³-hybridized carbons (Fsp3) is 0.533. The third-order valence-electron chi connectivity index (χ3n) is 3.11. The van der Waals surface area contributed by atoms with E-state index < -0.39 is 5.97 Å². The normalized spacial score (nSPS) is 15.6. The van der Waals surface area contributed by atoms with Gasteiger partial charge in [-0.25, -0.2) is 0 Å². The first-order valence-corrected chi connectivity index (χ1v) is 6.49. The first-order chi connectivity index (χ1) is 8.74. The van der Waals surface area contributed by atoms with Gasteiger partial charge in [-0.05, 0) is 18.4 Å². The molecule has 1 fully saturated rings. The van der Waals surface area contributed by atoms with Crippen LogP contribution in [0, 0.1) is 5.92 Å². The summed E-state index contributed by atoms with van der Waals surface area (Å²) >= 11 is 0. The number of carboxylic acid groups (broad SMARTS) is 1. The molecule has 18 heavy (non-hydrogen) atoms. The van der Waals surface area contributed by atoms with Gasteiger partial charge < -0.3 is 9.84 Å². The second-order valence-corrected chi connectivity index (χ2v) is 4.59. The van der Waals surface area contributed by atoms with Crippen molar-refractivity contribution in [3.63, 3.8) is 0 Å². The Hall–Kier alpha value is -1.35. The molecule has 3 heteroatoms. The van der Waals surface area contributed by atoms with E-state index >= 15 is 0 Å². The smallest absolute Gasteiger partial charge is 0.306 e. The summed E-state index contributed by atoms with van der Waals surface area (Å²) in [7, 11) is 1.70. The molecule has 0 amide bonds. The zero-order valence-corrected chi connectivity index (χ0v) is 11.0. The molecule has 1 aromatic carbocycles. The van der Waals surface area contributed by atoms with Gasteiger partial charge in [-0.1, -0.05) is 49.6 Å². The zero-order valence-electron chi connectivity index (χ0n) is 11.0. The summed E-state index contributed by atoms with van der Waals surface area (Å²) in [5.41, 5.74) is 1.22. The Morgan fingerprint density at radius 1 is 1.22 bits per heavy atom. The van der Waals surface area contributed by atoms with Crippen molar-refractivity contribution in [2.45, 2.75) is 38.7 Å². The Kier molecular flexibility index (Phi) is 7.11. The van der Waals surface area contributed by atoms with E-state index in [9.17, 15) is 4.79 Å². The second kappa shape index (κ2) is 8.70. The van der Waals surface area contributed by atoms with Crippen molar-refractivity contribution in [3.05, 3.63) is 35.9 Å². The van der Waals surface area contributed by atoms with Crippen LogP contribution in [0.1, 0.15) is 37.7 Å². The number of carboxylic acids is 1. The summed E-state index contributed by atoms with van der Waals surface area (Å²) in [6.07, 6.45) is 5.24. The van der Waals surface area contributed by atoms with Gasteiger partial charge in [-0.3, -0.25) is 4.79 Å². The van der Waals surface area contributed by atoms with Crippen LogP contribution in [-0.2, 0) is 16.1 Å². The summed E-state index contributed by atoms with van der Waals surface area (Å²) in [6, 6.07) is 10.1. The number of rotatable bonds is 3. The molecule has 1 N–H and O–H groups in total. The van der Waals surface area contributed by atoms with Crippen LogP contribution in [0.2, 0.25) is 0 Å². The third-order valence-corrected chi connectivity index (χ3v) is 3.11. The van der Waals surface area contributed by atoms with E-state index in [1.54, 1.807) is 7.11 Å². The predicted octanol–water partition coefficient (Wildman–Crippen LogP) is 3.48. The SMILES string of the molecule is COCc1ccccc1.O=C(O)C1CCCCC1. The number of hydrogen-bond acceptors (Lipinski definition) is 2. The molecule has 100 valence electrons. The van der Waals surface area contributed by atoms with Gasteiger partial charge in [0.1, 0.15) is 0 Å². The van der Waals surface area contributed by atoms with E-state index in [4.69, 9.17) is 9.84 Å². The standard InChI is InChI=1S/C8H10O.C7H12O2/c1-9-7-8-5-3-2-4-6-8;8-7(9)6-4-2-1-3-5-6/h2-6H,7H2,1H3;6H,1-5H2,(H,8,9). The van der Waals surface area contributed by atoms with Gasteiger partial charge in [-0.2, -0.15) is 0 Å². The van der Waals surface area contributed by atoms with Gasteiger partial charge in [-0.15, -0.1) is 0 Å². The Morgan fingerprint density at radius 3 is 2.28 bits per heavy atom. The molecule has 0 heterocycles. The van der Waals surface area contributed by atoms with Crippen molar-refractivity contribution in [2.24, 2.45) is 5.92 Å². The maximum absolute atomic E-state index is 10.4. The molecule has 0 spiro atoms. The van der Waals surface area contributed by atoms with Gasteiger partial charge in [0.15, 0.2) is 0 Å². The second-order valence-electron chi connectivity index (χ2n) is 4.59. The van der Waals surface area contributed by atoms with Crippen LogP contribution in [-0.4, -0.2) is 18.2 Å². The predicted molar refractivity (Wildman–Crippen MR) is 71.4 cm³/mol. The number of ether oxygens (including phenoxy) is 1. The van der Waals surface area contributed by atoms with Gasteiger partial charge >= 0.3 is 5.97 Å². The minimum atomic E-state index is -0.602. The number of carbonyl (C=O) groups is 1. The number of benzene rings is 1. The van der Waals surface area contributed by atoms with Crippen molar-refractivity contribution in [3.8, 4) is 0 Å². The first-order valence-electron chi connectivity index (χ1n) is 6.49. The molecule has 3 nitrogen and oxygen atoms in total. The van der Waals surface area contributed by atoms with E-state index in [0.717, 1.165) is 25.7 Å². The molecule has 1 saturated carbocycles. The topological polar surface area (TPSA) is 46.5 Å². The summed E-state index contributed by atoms with van der Waals surface area (Å²) in [5, 5.41) is 8.54. The molecular formula is C15H22O3. The van der Waals surface area contributed by atoms with Crippen LogP contribution in [0.4, 0.5) is 0 Å². The average Bonchev–Trinajstić information content (AvgIpc) is 2.42. The fourth-order valence-corrected chi connectivity index (χ4v) is 2.09. The number of methoxy groups -OCH3 is 1. The van der Waals surface area contributed by atoms with Crippen molar-refractivity contribution in [1.29, 1.82) is 0 Å². The van der Waals surface area contributed by atoms with Crippen molar-refractivity contribution in [1.82, 2.24) is 0 Å². The highest BCUT2D eigenvalue weighted by atomic mass is 16.5. The molecule has 2 rings (SSSR count). The number of hydrogen-bond donors (Lipinski definition) is 1. The molecule has 0 aromatic heterocycles. The summed E-state index contributed by atoms with van der Waals surface area (Å²) in [6.45, 7) is 0.709. The van der Waals surface area contributed by atoms with E-state index in [0.29, 0.717) is 6.61 Å². The van der Waals surface area contributed by atoms with Crippen LogP contribution >= 0.6 is 0 Å².